The molecule has 0 spiro atoms. The molecule has 1 N–H and O–H groups in total. The summed E-state index contributed by atoms with van der Waals surface area (Å²) in [5.41, 5.74) is 2.76. The number of aromatic nitrogens is 2. The number of hydrogen-bond acceptors (Lipinski definition) is 5. The quantitative estimate of drug-likeness (QED) is 0.540. The molecule has 1 aliphatic carbocycles. The van der Waals surface area contributed by atoms with Crippen LogP contribution in [0.2, 0.25) is 0 Å². The van der Waals surface area contributed by atoms with Crippen molar-refractivity contribution in [2.75, 3.05) is 5.32 Å². The molecule has 0 aliphatic heterocycles. The number of nitrogens with one attached hydrogen (secondary N) is 1. The summed E-state index contributed by atoms with van der Waals surface area (Å²) in [7, 11) is 0. The van der Waals surface area contributed by atoms with Gasteiger partial charge in [0.05, 0.1) is 10.2 Å². The van der Waals surface area contributed by atoms with E-state index in [4.69, 9.17) is 4.42 Å². The Kier molecular flexibility index (Phi) is 3.31. The number of nitrogens with zero attached hydrogens (tertiary/aromatic N) is 2. The zero-order valence-electron chi connectivity index (χ0n) is 13.2. The van der Waals surface area contributed by atoms with Crippen molar-refractivity contribution < 1.29 is 8.81 Å². The van der Waals surface area contributed by atoms with Crippen LogP contribution in [0.5, 0.6) is 0 Å². The summed E-state index contributed by atoms with van der Waals surface area (Å²) in [6.07, 6.45) is 3.78. The third kappa shape index (κ3) is 2.68. The molecule has 1 saturated carbocycles. The SMILES string of the molecule is Fc1ccccc1-c1ncoc1-c1ccc2nc(NC3CC3)sc2c1. The largest absolute Gasteiger partial charge is 0.443 e. The van der Waals surface area contributed by atoms with Gasteiger partial charge >= 0.3 is 0 Å². The number of oxazole rings is 1. The van der Waals surface area contributed by atoms with Gasteiger partial charge in [-0.3, -0.25) is 0 Å². The molecule has 2 aromatic heterocycles. The minimum Gasteiger partial charge on any atom is -0.443 e. The second-order valence-electron chi connectivity index (χ2n) is 6.13. The molecule has 4 nitrogen and oxygen atoms in total. The molecular weight excluding hydrogens is 337 g/mol. The summed E-state index contributed by atoms with van der Waals surface area (Å²) >= 11 is 1.62. The van der Waals surface area contributed by atoms with E-state index in [0.29, 0.717) is 23.1 Å². The molecule has 6 heteroatoms. The van der Waals surface area contributed by atoms with Gasteiger partial charge in [-0.1, -0.05) is 23.5 Å². The highest BCUT2D eigenvalue weighted by Gasteiger charge is 2.22. The van der Waals surface area contributed by atoms with Crippen LogP contribution in [0.3, 0.4) is 0 Å². The van der Waals surface area contributed by atoms with E-state index in [1.54, 1.807) is 29.5 Å². The standard InChI is InChI=1S/C19H14FN3OS/c20-14-4-2-1-3-13(14)17-18(24-10-21-17)11-5-8-15-16(9-11)25-19(23-15)22-12-6-7-12/h1-5,8-10,12H,6-7H2,(H,22,23). The van der Waals surface area contributed by atoms with E-state index in [1.807, 2.05) is 18.2 Å². The van der Waals surface area contributed by atoms with E-state index >= 15 is 0 Å². The van der Waals surface area contributed by atoms with Crippen molar-refractivity contribution >= 4 is 26.7 Å². The highest BCUT2D eigenvalue weighted by Crippen LogP contribution is 2.36. The van der Waals surface area contributed by atoms with Crippen molar-refractivity contribution in [2.24, 2.45) is 0 Å². The summed E-state index contributed by atoms with van der Waals surface area (Å²) in [6.45, 7) is 0. The minimum atomic E-state index is -0.313. The maximum absolute atomic E-state index is 14.1. The molecule has 0 atom stereocenters. The molecule has 0 bridgehead atoms. The number of hydrogen-bond donors (Lipinski definition) is 1. The number of halogens is 1. The van der Waals surface area contributed by atoms with E-state index < -0.39 is 0 Å². The van der Waals surface area contributed by atoms with Gasteiger partial charge in [0.1, 0.15) is 11.5 Å². The van der Waals surface area contributed by atoms with Crippen LogP contribution in [0.1, 0.15) is 12.8 Å². The van der Waals surface area contributed by atoms with Crippen LogP contribution in [0, 0.1) is 5.82 Å². The Balaban J connectivity index is 1.57. The number of benzene rings is 2. The predicted octanol–water partition coefficient (Wildman–Crippen LogP) is 5.33. The number of anilines is 1. The molecule has 2 aromatic carbocycles. The van der Waals surface area contributed by atoms with Crippen LogP contribution in [0.25, 0.3) is 32.8 Å². The average molecular weight is 351 g/mol. The van der Waals surface area contributed by atoms with Gasteiger partial charge in [-0.15, -0.1) is 0 Å². The molecule has 25 heavy (non-hydrogen) atoms. The average Bonchev–Trinajstić information content (AvgIpc) is 3.15. The maximum atomic E-state index is 14.1. The fourth-order valence-electron chi connectivity index (χ4n) is 2.83. The lowest BCUT2D eigenvalue weighted by Crippen LogP contribution is -1.99. The van der Waals surface area contributed by atoms with Crippen molar-refractivity contribution in [1.29, 1.82) is 0 Å². The molecule has 124 valence electrons. The molecular formula is C19H14FN3OS. The van der Waals surface area contributed by atoms with Crippen LogP contribution in [0.4, 0.5) is 9.52 Å². The Bertz CT molecular complexity index is 1070. The van der Waals surface area contributed by atoms with Crippen molar-refractivity contribution in [3.8, 4) is 22.6 Å². The smallest absolute Gasteiger partial charge is 0.184 e. The summed E-state index contributed by atoms with van der Waals surface area (Å²) < 4.78 is 20.8. The van der Waals surface area contributed by atoms with Crippen LogP contribution in [-0.4, -0.2) is 16.0 Å². The molecule has 0 saturated heterocycles. The highest BCUT2D eigenvalue weighted by atomic mass is 32.1. The third-order valence-corrected chi connectivity index (χ3v) is 5.20. The fourth-order valence-corrected chi connectivity index (χ4v) is 3.81. The first-order chi connectivity index (χ1) is 12.3. The van der Waals surface area contributed by atoms with Crippen LogP contribution >= 0.6 is 11.3 Å². The Morgan fingerprint density at radius 1 is 1.16 bits per heavy atom. The van der Waals surface area contributed by atoms with E-state index in [1.165, 1.54) is 25.3 Å². The van der Waals surface area contributed by atoms with E-state index in [2.05, 4.69) is 15.3 Å². The van der Waals surface area contributed by atoms with Gasteiger partial charge in [0.2, 0.25) is 0 Å². The van der Waals surface area contributed by atoms with E-state index in [9.17, 15) is 4.39 Å². The first-order valence-electron chi connectivity index (χ1n) is 8.14. The van der Waals surface area contributed by atoms with Crippen molar-refractivity contribution in [3.05, 3.63) is 54.7 Å². The monoisotopic (exact) mass is 351 g/mol. The molecule has 2 heterocycles. The maximum Gasteiger partial charge on any atom is 0.184 e. The Labute approximate surface area is 147 Å². The van der Waals surface area contributed by atoms with Gasteiger partial charge < -0.3 is 9.73 Å². The first-order valence-corrected chi connectivity index (χ1v) is 8.95. The molecule has 0 amide bonds. The van der Waals surface area contributed by atoms with Crippen molar-refractivity contribution in [2.45, 2.75) is 18.9 Å². The van der Waals surface area contributed by atoms with Crippen LogP contribution in [-0.2, 0) is 0 Å². The molecule has 1 fully saturated rings. The number of rotatable bonds is 4. The van der Waals surface area contributed by atoms with Gasteiger partial charge in [-0.2, -0.15) is 0 Å². The van der Waals surface area contributed by atoms with Gasteiger partial charge in [-0.25, -0.2) is 14.4 Å². The second-order valence-corrected chi connectivity index (χ2v) is 7.16. The third-order valence-electron chi connectivity index (χ3n) is 4.25. The molecule has 1 aliphatic rings. The topological polar surface area (TPSA) is 51.0 Å². The Morgan fingerprint density at radius 3 is 2.88 bits per heavy atom. The molecule has 4 aromatic rings. The summed E-state index contributed by atoms with van der Waals surface area (Å²) in [5, 5.41) is 4.37. The van der Waals surface area contributed by atoms with Gasteiger partial charge in [0.25, 0.3) is 0 Å². The summed E-state index contributed by atoms with van der Waals surface area (Å²) in [5.74, 6) is 0.254. The van der Waals surface area contributed by atoms with E-state index in [0.717, 1.165) is 20.9 Å². The first kappa shape index (κ1) is 14.6. The van der Waals surface area contributed by atoms with Gasteiger partial charge in [0, 0.05) is 17.2 Å². The fraction of sp³-hybridized carbons (Fsp3) is 0.158. The highest BCUT2D eigenvalue weighted by molar-refractivity contribution is 7.22. The zero-order valence-corrected chi connectivity index (χ0v) is 14.0. The molecule has 0 radical (unpaired) electrons. The number of thiazole rings is 1. The van der Waals surface area contributed by atoms with Crippen molar-refractivity contribution in [3.63, 3.8) is 0 Å². The van der Waals surface area contributed by atoms with Crippen LogP contribution < -0.4 is 5.32 Å². The minimum absolute atomic E-state index is 0.313. The van der Waals surface area contributed by atoms with Gasteiger partial charge in [0.15, 0.2) is 17.3 Å². The number of fused-ring (bicyclic) bond motifs is 1. The summed E-state index contributed by atoms with van der Waals surface area (Å²) in [6, 6.07) is 13.1. The van der Waals surface area contributed by atoms with Crippen LogP contribution in [0.15, 0.2) is 53.3 Å². The second kappa shape index (κ2) is 5.67. The molecule has 5 rings (SSSR count). The Hall–Kier alpha value is -2.73. The van der Waals surface area contributed by atoms with Crippen molar-refractivity contribution in [1.82, 2.24) is 9.97 Å². The Morgan fingerprint density at radius 2 is 2.04 bits per heavy atom. The lowest BCUT2D eigenvalue weighted by atomic mass is 10.1. The predicted molar refractivity (Wildman–Crippen MR) is 97.2 cm³/mol. The van der Waals surface area contributed by atoms with Gasteiger partial charge in [-0.05, 0) is 43.2 Å². The lowest BCUT2D eigenvalue weighted by molar-refractivity contribution is 0.572. The van der Waals surface area contributed by atoms with E-state index in [-0.39, 0.29) is 5.82 Å². The lowest BCUT2D eigenvalue weighted by Gasteiger charge is -2.03. The zero-order chi connectivity index (χ0) is 16.8. The molecule has 0 unspecified atom stereocenters. The normalized spacial score (nSPS) is 14.1. The summed E-state index contributed by atoms with van der Waals surface area (Å²) in [4.78, 5) is 8.84.